The van der Waals surface area contributed by atoms with Gasteiger partial charge in [0.15, 0.2) is 0 Å². The van der Waals surface area contributed by atoms with E-state index in [4.69, 9.17) is 17.3 Å². The summed E-state index contributed by atoms with van der Waals surface area (Å²) in [7, 11) is 0. The second-order valence-electron chi connectivity index (χ2n) is 4.53. The van der Waals surface area contributed by atoms with Gasteiger partial charge in [0.2, 0.25) is 0 Å². The summed E-state index contributed by atoms with van der Waals surface area (Å²) in [5, 5.41) is 0.405. The second-order valence-corrected chi connectivity index (χ2v) is 5.88. The van der Waals surface area contributed by atoms with Gasteiger partial charge in [-0.25, -0.2) is 4.39 Å². The predicted octanol–water partition coefficient (Wildman–Crippen LogP) is 4.35. The Morgan fingerprint density at radius 1 is 1.11 bits per heavy atom. The minimum Gasteiger partial charge on any atom is -0.327 e. The number of benzene rings is 2. The van der Waals surface area contributed by atoms with Crippen LogP contribution in [0, 0.1) is 5.82 Å². The van der Waals surface area contributed by atoms with Crippen molar-refractivity contribution in [2.24, 2.45) is 5.73 Å². The van der Waals surface area contributed by atoms with Crippen LogP contribution in [0.1, 0.15) is 11.1 Å². The summed E-state index contributed by atoms with van der Waals surface area (Å²) in [6.45, 7) is 0. The van der Waals surface area contributed by atoms with E-state index in [1.54, 1.807) is 12.1 Å². The molecule has 0 aliphatic carbocycles. The Bertz CT molecular complexity index is 557. The fourth-order valence-corrected chi connectivity index (χ4v) is 2.39. The largest absolute Gasteiger partial charge is 0.327 e. The summed E-state index contributed by atoms with van der Waals surface area (Å²) in [6, 6.07) is 12.6. The molecule has 2 N–H and O–H groups in total. The molecule has 19 heavy (non-hydrogen) atoms. The molecule has 0 aliphatic rings. The Morgan fingerprint density at radius 2 is 1.79 bits per heavy atom. The van der Waals surface area contributed by atoms with Gasteiger partial charge in [0.25, 0.3) is 0 Å². The monoisotopic (exact) mass is 341 g/mol. The lowest BCUT2D eigenvalue weighted by Gasteiger charge is -2.12. The van der Waals surface area contributed by atoms with Gasteiger partial charge in [-0.1, -0.05) is 45.7 Å². The van der Waals surface area contributed by atoms with E-state index in [1.807, 2.05) is 24.3 Å². The molecule has 100 valence electrons. The molecule has 0 saturated heterocycles. The van der Waals surface area contributed by atoms with Crippen LogP contribution in [-0.4, -0.2) is 6.04 Å². The van der Waals surface area contributed by atoms with Crippen molar-refractivity contribution in [1.82, 2.24) is 0 Å². The SMILES string of the molecule is NC(Cc1ccc(Br)cc1)Cc1ccc(Cl)cc1F. The van der Waals surface area contributed by atoms with E-state index in [0.717, 1.165) is 16.5 Å². The molecule has 1 atom stereocenters. The van der Waals surface area contributed by atoms with Crippen molar-refractivity contribution >= 4 is 27.5 Å². The van der Waals surface area contributed by atoms with Crippen molar-refractivity contribution in [2.75, 3.05) is 0 Å². The summed E-state index contributed by atoms with van der Waals surface area (Å²) < 4.78 is 14.7. The third-order valence-electron chi connectivity index (χ3n) is 2.91. The minimum absolute atomic E-state index is 0.114. The van der Waals surface area contributed by atoms with Crippen LogP contribution >= 0.6 is 27.5 Å². The Balaban J connectivity index is 2.01. The molecule has 2 aromatic carbocycles. The lowest BCUT2D eigenvalue weighted by molar-refractivity contribution is 0.584. The van der Waals surface area contributed by atoms with E-state index in [1.165, 1.54) is 6.07 Å². The molecule has 0 aromatic heterocycles. The molecular formula is C15H14BrClFN. The van der Waals surface area contributed by atoms with Gasteiger partial charge in [-0.2, -0.15) is 0 Å². The van der Waals surface area contributed by atoms with Crippen molar-refractivity contribution in [3.63, 3.8) is 0 Å². The quantitative estimate of drug-likeness (QED) is 0.878. The fraction of sp³-hybridized carbons (Fsp3) is 0.200. The van der Waals surface area contributed by atoms with E-state index in [-0.39, 0.29) is 11.9 Å². The molecule has 0 amide bonds. The molecule has 0 aliphatic heterocycles. The number of rotatable bonds is 4. The topological polar surface area (TPSA) is 26.0 Å². The molecule has 1 nitrogen and oxygen atoms in total. The molecule has 2 aromatic rings. The van der Waals surface area contributed by atoms with E-state index < -0.39 is 0 Å². The summed E-state index contributed by atoms with van der Waals surface area (Å²) in [5.41, 5.74) is 7.82. The van der Waals surface area contributed by atoms with Crippen LogP contribution in [0.4, 0.5) is 4.39 Å². The third kappa shape index (κ3) is 4.30. The van der Waals surface area contributed by atoms with Crippen molar-refractivity contribution in [3.8, 4) is 0 Å². The second kappa shape index (κ2) is 6.51. The highest BCUT2D eigenvalue weighted by molar-refractivity contribution is 9.10. The van der Waals surface area contributed by atoms with Gasteiger partial charge in [-0.05, 0) is 48.2 Å². The maximum atomic E-state index is 13.7. The molecule has 0 spiro atoms. The summed E-state index contributed by atoms with van der Waals surface area (Å²) in [4.78, 5) is 0. The normalized spacial score (nSPS) is 12.4. The van der Waals surface area contributed by atoms with Crippen LogP contribution in [0.2, 0.25) is 5.02 Å². The first kappa shape index (κ1) is 14.5. The Hall–Kier alpha value is -0.900. The summed E-state index contributed by atoms with van der Waals surface area (Å²) in [5.74, 6) is -0.293. The zero-order chi connectivity index (χ0) is 13.8. The molecule has 4 heteroatoms. The Labute approximate surface area is 125 Å². The first-order chi connectivity index (χ1) is 9.04. The standard InChI is InChI=1S/C15H14BrClFN/c16-12-4-1-10(2-5-12)7-14(19)8-11-3-6-13(17)9-15(11)18/h1-6,9,14H,7-8,19H2. The Morgan fingerprint density at radius 3 is 2.42 bits per heavy atom. The van der Waals surface area contributed by atoms with Gasteiger partial charge in [0.1, 0.15) is 5.82 Å². The molecule has 1 unspecified atom stereocenters. The first-order valence-electron chi connectivity index (χ1n) is 5.98. The van der Waals surface area contributed by atoms with Gasteiger partial charge < -0.3 is 5.73 Å². The highest BCUT2D eigenvalue weighted by Crippen LogP contribution is 2.17. The number of hydrogen-bond donors (Lipinski definition) is 1. The average Bonchev–Trinajstić information content (AvgIpc) is 2.36. The molecule has 0 saturated carbocycles. The maximum absolute atomic E-state index is 13.7. The molecule has 2 rings (SSSR count). The summed E-state index contributed by atoms with van der Waals surface area (Å²) in [6.07, 6.45) is 1.22. The van der Waals surface area contributed by atoms with Crippen LogP contribution in [0.3, 0.4) is 0 Å². The highest BCUT2D eigenvalue weighted by atomic mass is 79.9. The van der Waals surface area contributed by atoms with Crippen molar-refractivity contribution < 1.29 is 4.39 Å². The third-order valence-corrected chi connectivity index (χ3v) is 3.67. The van der Waals surface area contributed by atoms with Crippen LogP contribution in [0.5, 0.6) is 0 Å². The van der Waals surface area contributed by atoms with E-state index in [9.17, 15) is 4.39 Å². The van der Waals surface area contributed by atoms with Gasteiger partial charge in [-0.3, -0.25) is 0 Å². The van der Waals surface area contributed by atoms with Crippen molar-refractivity contribution in [2.45, 2.75) is 18.9 Å². The summed E-state index contributed by atoms with van der Waals surface area (Å²) >= 11 is 9.11. The molecule has 0 fully saturated rings. The van der Waals surface area contributed by atoms with E-state index in [2.05, 4.69) is 15.9 Å². The number of hydrogen-bond acceptors (Lipinski definition) is 1. The smallest absolute Gasteiger partial charge is 0.127 e. The number of halogens is 3. The van der Waals surface area contributed by atoms with Crippen LogP contribution in [0.25, 0.3) is 0 Å². The lowest BCUT2D eigenvalue weighted by atomic mass is 9.99. The maximum Gasteiger partial charge on any atom is 0.127 e. The zero-order valence-corrected chi connectivity index (χ0v) is 12.6. The van der Waals surface area contributed by atoms with E-state index >= 15 is 0 Å². The Kier molecular flexibility index (Phi) is 4.97. The molecule has 0 bridgehead atoms. The lowest BCUT2D eigenvalue weighted by Crippen LogP contribution is -2.26. The first-order valence-corrected chi connectivity index (χ1v) is 7.15. The minimum atomic E-state index is -0.293. The fourth-order valence-electron chi connectivity index (χ4n) is 1.97. The van der Waals surface area contributed by atoms with Crippen molar-refractivity contribution in [3.05, 3.63) is 68.9 Å². The van der Waals surface area contributed by atoms with Gasteiger partial charge in [0, 0.05) is 15.5 Å². The van der Waals surface area contributed by atoms with Gasteiger partial charge >= 0.3 is 0 Å². The van der Waals surface area contributed by atoms with Crippen LogP contribution < -0.4 is 5.73 Å². The van der Waals surface area contributed by atoms with Gasteiger partial charge in [-0.15, -0.1) is 0 Å². The van der Waals surface area contributed by atoms with Crippen LogP contribution in [0.15, 0.2) is 46.9 Å². The zero-order valence-electron chi connectivity index (χ0n) is 10.2. The highest BCUT2D eigenvalue weighted by Gasteiger charge is 2.09. The number of nitrogens with two attached hydrogens (primary N) is 1. The molecular weight excluding hydrogens is 329 g/mol. The predicted molar refractivity (Wildman–Crippen MR) is 80.9 cm³/mol. The van der Waals surface area contributed by atoms with E-state index in [0.29, 0.717) is 17.0 Å². The van der Waals surface area contributed by atoms with Gasteiger partial charge in [0.05, 0.1) is 0 Å². The van der Waals surface area contributed by atoms with Crippen molar-refractivity contribution in [1.29, 1.82) is 0 Å². The average molecular weight is 343 g/mol. The van der Waals surface area contributed by atoms with Crippen LogP contribution in [-0.2, 0) is 12.8 Å². The molecule has 0 radical (unpaired) electrons. The molecule has 0 heterocycles.